The van der Waals surface area contributed by atoms with E-state index < -0.39 is 6.16 Å². The molecule has 0 unspecified atom stereocenters. The van der Waals surface area contributed by atoms with E-state index in [1.165, 1.54) is 18.7 Å². The first kappa shape index (κ1) is 7.59. The molecule has 0 aliphatic carbocycles. The molecule has 60 valence electrons. The fraction of sp³-hybridized carbons (Fsp3) is 0.333. The van der Waals surface area contributed by atoms with E-state index in [0.29, 0.717) is 6.61 Å². The topological polar surface area (TPSA) is 53.4 Å². The summed E-state index contributed by atoms with van der Waals surface area (Å²) in [5.41, 5.74) is 0. The molecular formula is C6H8N2O3. The SMILES string of the molecule is CCOC(=O)On1ccnc1. The highest BCUT2D eigenvalue weighted by molar-refractivity contribution is 5.59. The molecule has 0 saturated heterocycles. The maximum atomic E-state index is 10.6. The lowest BCUT2D eigenvalue weighted by Gasteiger charge is -2.01. The van der Waals surface area contributed by atoms with Crippen molar-refractivity contribution in [2.75, 3.05) is 6.61 Å². The Labute approximate surface area is 63.5 Å². The van der Waals surface area contributed by atoms with Crippen LogP contribution in [0.5, 0.6) is 0 Å². The summed E-state index contributed by atoms with van der Waals surface area (Å²) in [6.45, 7) is 2.00. The fourth-order valence-corrected chi connectivity index (χ4v) is 0.531. The molecule has 1 rings (SSSR count). The summed E-state index contributed by atoms with van der Waals surface area (Å²) in [7, 11) is 0. The normalized spacial score (nSPS) is 9.18. The maximum Gasteiger partial charge on any atom is 0.533 e. The highest BCUT2D eigenvalue weighted by Crippen LogP contribution is 1.84. The van der Waals surface area contributed by atoms with E-state index in [4.69, 9.17) is 0 Å². The van der Waals surface area contributed by atoms with E-state index in [-0.39, 0.29) is 0 Å². The molecule has 0 radical (unpaired) electrons. The van der Waals surface area contributed by atoms with Gasteiger partial charge < -0.3 is 9.57 Å². The van der Waals surface area contributed by atoms with Crippen molar-refractivity contribution < 1.29 is 14.4 Å². The first-order chi connectivity index (χ1) is 5.33. The van der Waals surface area contributed by atoms with Crippen LogP contribution in [0.2, 0.25) is 0 Å². The van der Waals surface area contributed by atoms with Crippen molar-refractivity contribution in [1.82, 2.24) is 9.71 Å². The van der Waals surface area contributed by atoms with Crippen LogP contribution in [0.4, 0.5) is 4.79 Å². The Bertz CT molecular complexity index is 220. The number of imidazole rings is 1. The summed E-state index contributed by atoms with van der Waals surface area (Å²) in [5, 5.41) is 0. The molecule has 11 heavy (non-hydrogen) atoms. The zero-order chi connectivity index (χ0) is 8.10. The molecule has 0 spiro atoms. The Hall–Kier alpha value is -1.52. The van der Waals surface area contributed by atoms with Crippen LogP contribution in [0, 0.1) is 0 Å². The zero-order valence-electron chi connectivity index (χ0n) is 6.06. The third-order valence-corrected chi connectivity index (χ3v) is 0.922. The van der Waals surface area contributed by atoms with E-state index in [9.17, 15) is 4.79 Å². The van der Waals surface area contributed by atoms with Gasteiger partial charge in [-0.2, -0.15) is 4.73 Å². The summed E-state index contributed by atoms with van der Waals surface area (Å²) >= 11 is 0. The molecule has 0 aliphatic rings. The number of hydrogen-bond donors (Lipinski definition) is 0. The lowest BCUT2D eigenvalue weighted by Crippen LogP contribution is -2.19. The predicted octanol–water partition coefficient (Wildman–Crippen LogP) is 0.468. The maximum absolute atomic E-state index is 10.6. The van der Waals surface area contributed by atoms with E-state index >= 15 is 0 Å². The third kappa shape index (κ3) is 2.29. The number of rotatable bonds is 2. The average Bonchev–Trinajstić information content (AvgIpc) is 2.40. The average molecular weight is 156 g/mol. The van der Waals surface area contributed by atoms with Crippen LogP contribution in [0.1, 0.15) is 6.92 Å². The summed E-state index contributed by atoms with van der Waals surface area (Å²) < 4.78 is 5.67. The van der Waals surface area contributed by atoms with Gasteiger partial charge in [-0.15, -0.1) is 0 Å². The van der Waals surface area contributed by atoms with Crippen molar-refractivity contribution in [2.24, 2.45) is 0 Å². The van der Waals surface area contributed by atoms with E-state index in [0.717, 1.165) is 4.73 Å². The van der Waals surface area contributed by atoms with Gasteiger partial charge in [0.25, 0.3) is 0 Å². The van der Waals surface area contributed by atoms with Crippen LogP contribution in [-0.4, -0.2) is 22.5 Å². The standard InChI is InChI=1S/C6H8N2O3/c1-2-10-6(9)11-8-4-3-7-5-8/h3-5H,2H2,1H3. The molecule has 1 heterocycles. The number of ether oxygens (including phenoxy) is 1. The van der Waals surface area contributed by atoms with Gasteiger partial charge in [0.1, 0.15) is 6.33 Å². The number of carbonyl (C=O) groups excluding carboxylic acids is 1. The molecule has 0 fully saturated rings. The molecule has 5 nitrogen and oxygen atoms in total. The Morgan fingerprint density at radius 3 is 3.09 bits per heavy atom. The van der Waals surface area contributed by atoms with Crippen LogP contribution >= 0.6 is 0 Å². The van der Waals surface area contributed by atoms with Crippen molar-refractivity contribution in [3.63, 3.8) is 0 Å². The van der Waals surface area contributed by atoms with Crippen LogP contribution in [0.3, 0.4) is 0 Å². The second-order valence-corrected chi connectivity index (χ2v) is 1.70. The number of aromatic nitrogens is 2. The largest absolute Gasteiger partial charge is 0.533 e. The van der Waals surface area contributed by atoms with Gasteiger partial charge in [0.05, 0.1) is 12.8 Å². The monoisotopic (exact) mass is 156 g/mol. The Balaban J connectivity index is 2.37. The molecule has 1 aromatic heterocycles. The van der Waals surface area contributed by atoms with Gasteiger partial charge in [0.15, 0.2) is 0 Å². The van der Waals surface area contributed by atoms with Gasteiger partial charge in [-0.1, -0.05) is 0 Å². The van der Waals surface area contributed by atoms with E-state index in [1.807, 2.05) is 0 Å². The van der Waals surface area contributed by atoms with E-state index in [1.54, 1.807) is 6.92 Å². The van der Waals surface area contributed by atoms with E-state index in [2.05, 4.69) is 14.6 Å². The van der Waals surface area contributed by atoms with Gasteiger partial charge in [0.2, 0.25) is 0 Å². The van der Waals surface area contributed by atoms with Crippen LogP contribution in [0.25, 0.3) is 0 Å². The van der Waals surface area contributed by atoms with Gasteiger partial charge >= 0.3 is 6.16 Å². The highest BCUT2D eigenvalue weighted by Gasteiger charge is 2.01. The first-order valence-corrected chi connectivity index (χ1v) is 3.16. The predicted molar refractivity (Wildman–Crippen MR) is 35.8 cm³/mol. The van der Waals surface area contributed by atoms with Gasteiger partial charge in [-0.05, 0) is 6.92 Å². The molecular weight excluding hydrogens is 148 g/mol. The van der Waals surface area contributed by atoms with Crippen LogP contribution < -0.4 is 4.84 Å². The molecule has 0 bridgehead atoms. The highest BCUT2D eigenvalue weighted by atomic mass is 16.8. The Morgan fingerprint density at radius 2 is 2.55 bits per heavy atom. The van der Waals surface area contributed by atoms with Crippen molar-refractivity contribution in [2.45, 2.75) is 6.92 Å². The van der Waals surface area contributed by atoms with Gasteiger partial charge in [-0.3, -0.25) is 0 Å². The fourth-order valence-electron chi connectivity index (χ4n) is 0.531. The van der Waals surface area contributed by atoms with Gasteiger partial charge in [0, 0.05) is 6.20 Å². The van der Waals surface area contributed by atoms with Crippen molar-refractivity contribution in [3.8, 4) is 0 Å². The minimum Gasteiger partial charge on any atom is -0.433 e. The second-order valence-electron chi connectivity index (χ2n) is 1.70. The Kier molecular flexibility index (Phi) is 2.48. The molecule has 0 aliphatic heterocycles. The molecule has 5 heteroatoms. The lowest BCUT2D eigenvalue weighted by atomic mass is 10.9. The minimum absolute atomic E-state index is 0.299. The first-order valence-electron chi connectivity index (χ1n) is 3.16. The van der Waals surface area contributed by atoms with Crippen molar-refractivity contribution in [3.05, 3.63) is 18.7 Å². The van der Waals surface area contributed by atoms with Crippen molar-refractivity contribution in [1.29, 1.82) is 0 Å². The van der Waals surface area contributed by atoms with Crippen LogP contribution in [-0.2, 0) is 4.74 Å². The van der Waals surface area contributed by atoms with Crippen LogP contribution in [0.15, 0.2) is 18.7 Å². The number of carbonyl (C=O) groups is 1. The smallest absolute Gasteiger partial charge is 0.433 e. The molecule has 1 aromatic rings. The number of nitrogens with zero attached hydrogens (tertiary/aromatic N) is 2. The molecule has 0 N–H and O–H groups in total. The number of hydrogen-bond acceptors (Lipinski definition) is 4. The van der Waals surface area contributed by atoms with Crippen molar-refractivity contribution >= 4 is 6.16 Å². The zero-order valence-corrected chi connectivity index (χ0v) is 6.06. The molecule has 0 aromatic carbocycles. The molecule has 0 saturated carbocycles. The molecule has 0 atom stereocenters. The molecule has 0 amide bonds. The summed E-state index contributed by atoms with van der Waals surface area (Å²) in [5.74, 6) is 0. The summed E-state index contributed by atoms with van der Waals surface area (Å²) in [6, 6.07) is 0. The second kappa shape index (κ2) is 3.60. The lowest BCUT2D eigenvalue weighted by molar-refractivity contribution is 0.0513. The summed E-state index contributed by atoms with van der Waals surface area (Å²) in [4.78, 5) is 18.9. The Morgan fingerprint density at radius 1 is 1.73 bits per heavy atom. The summed E-state index contributed by atoms with van der Waals surface area (Å²) in [6.07, 6.45) is 3.62. The van der Waals surface area contributed by atoms with Gasteiger partial charge in [-0.25, -0.2) is 9.78 Å². The third-order valence-electron chi connectivity index (χ3n) is 0.922. The minimum atomic E-state index is -0.731. The quantitative estimate of drug-likeness (QED) is 0.584.